The number of hydrogen-bond donors (Lipinski definition) is 1. The summed E-state index contributed by atoms with van der Waals surface area (Å²) in [5, 5.41) is 2.70. The molecule has 0 saturated carbocycles. The van der Waals surface area contributed by atoms with E-state index in [4.69, 9.17) is 6.42 Å². The van der Waals surface area contributed by atoms with Gasteiger partial charge < -0.3 is 5.32 Å². The molecular weight excluding hydrogens is 184 g/mol. The standard InChI is InChI=1S/C9H10N2OS/c1-4-9(2,3)11-8(12)7-5-10-6-13-7/h1,5-6H,2-3H3,(H,11,12). The molecule has 1 aromatic rings. The van der Waals surface area contributed by atoms with Gasteiger partial charge in [0.1, 0.15) is 4.88 Å². The lowest BCUT2D eigenvalue weighted by atomic mass is 10.1. The zero-order chi connectivity index (χ0) is 9.90. The smallest absolute Gasteiger partial charge is 0.264 e. The minimum atomic E-state index is -0.610. The number of carbonyl (C=O) groups excluding carboxylic acids is 1. The zero-order valence-electron chi connectivity index (χ0n) is 7.50. The van der Waals surface area contributed by atoms with Crippen molar-refractivity contribution >= 4 is 17.2 Å². The van der Waals surface area contributed by atoms with E-state index in [2.05, 4.69) is 16.2 Å². The predicted molar refractivity (Wildman–Crippen MR) is 52.5 cm³/mol. The van der Waals surface area contributed by atoms with E-state index in [9.17, 15) is 4.79 Å². The lowest BCUT2D eigenvalue weighted by molar-refractivity contribution is 0.0934. The number of terminal acetylenes is 1. The van der Waals surface area contributed by atoms with Crippen LogP contribution in [0.2, 0.25) is 0 Å². The van der Waals surface area contributed by atoms with Crippen molar-refractivity contribution in [3.05, 3.63) is 16.6 Å². The molecule has 68 valence electrons. The number of amides is 1. The Hall–Kier alpha value is -1.34. The first kappa shape index (κ1) is 9.75. The Morgan fingerprint density at radius 1 is 1.77 bits per heavy atom. The lowest BCUT2D eigenvalue weighted by Gasteiger charge is -2.18. The molecule has 0 saturated heterocycles. The SMILES string of the molecule is C#CC(C)(C)NC(=O)c1cncs1. The van der Waals surface area contributed by atoms with Crippen LogP contribution in [0.15, 0.2) is 11.7 Å². The van der Waals surface area contributed by atoms with Crippen molar-refractivity contribution in [3.8, 4) is 12.3 Å². The fraction of sp³-hybridized carbons (Fsp3) is 0.333. The van der Waals surface area contributed by atoms with Crippen LogP contribution < -0.4 is 5.32 Å². The second-order valence-corrected chi connectivity index (χ2v) is 3.98. The van der Waals surface area contributed by atoms with Gasteiger partial charge in [-0.05, 0) is 13.8 Å². The molecule has 0 bridgehead atoms. The third-order valence-electron chi connectivity index (χ3n) is 1.44. The summed E-state index contributed by atoms with van der Waals surface area (Å²) in [4.78, 5) is 15.8. The molecule has 0 radical (unpaired) electrons. The molecule has 0 aliphatic heterocycles. The van der Waals surface area contributed by atoms with Crippen LogP contribution in [-0.2, 0) is 0 Å². The van der Waals surface area contributed by atoms with Crippen LogP contribution >= 0.6 is 11.3 Å². The molecule has 0 aliphatic rings. The molecule has 0 aromatic carbocycles. The molecule has 1 rings (SSSR count). The zero-order valence-corrected chi connectivity index (χ0v) is 8.31. The first-order valence-corrected chi connectivity index (χ1v) is 4.62. The summed E-state index contributed by atoms with van der Waals surface area (Å²) in [6.07, 6.45) is 6.75. The number of carbonyl (C=O) groups is 1. The van der Waals surface area contributed by atoms with Crippen LogP contribution in [0.3, 0.4) is 0 Å². The van der Waals surface area contributed by atoms with Crippen molar-refractivity contribution in [3.63, 3.8) is 0 Å². The maximum absolute atomic E-state index is 11.4. The third-order valence-corrected chi connectivity index (χ3v) is 2.21. The monoisotopic (exact) mass is 194 g/mol. The molecule has 1 amide bonds. The maximum atomic E-state index is 11.4. The highest BCUT2D eigenvalue weighted by molar-refractivity contribution is 7.11. The number of thiazole rings is 1. The van der Waals surface area contributed by atoms with E-state index >= 15 is 0 Å². The van der Waals surface area contributed by atoms with Crippen molar-refractivity contribution in [2.24, 2.45) is 0 Å². The topological polar surface area (TPSA) is 42.0 Å². The second kappa shape index (κ2) is 3.58. The van der Waals surface area contributed by atoms with E-state index in [1.54, 1.807) is 19.4 Å². The molecule has 1 heterocycles. The van der Waals surface area contributed by atoms with Gasteiger partial charge in [-0.3, -0.25) is 9.78 Å². The largest absolute Gasteiger partial charge is 0.336 e. The van der Waals surface area contributed by atoms with E-state index in [0.717, 1.165) is 0 Å². The molecule has 0 atom stereocenters. The van der Waals surface area contributed by atoms with E-state index in [0.29, 0.717) is 4.88 Å². The number of hydrogen-bond acceptors (Lipinski definition) is 3. The van der Waals surface area contributed by atoms with Crippen molar-refractivity contribution in [2.75, 3.05) is 0 Å². The molecule has 0 unspecified atom stereocenters. The van der Waals surface area contributed by atoms with Crippen LogP contribution in [0.25, 0.3) is 0 Å². The lowest BCUT2D eigenvalue weighted by Crippen LogP contribution is -2.41. The molecule has 3 nitrogen and oxygen atoms in total. The van der Waals surface area contributed by atoms with Crippen LogP contribution in [-0.4, -0.2) is 16.4 Å². The Morgan fingerprint density at radius 3 is 2.92 bits per heavy atom. The molecule has 0 fully saturated rings. The van der Waals surface area contributed by atoms with E-state index in [1.165, 1.54) is 17.5 Å². The van der Waals surface area contributed by atoms with E-state index in [-0.39, 0.29) is 5.91 Å². The van der Waals surface area contributed by atoms with Crippen molar-refractivity contribution < 1.29 is 4.79 Å². The van der Waals surface area contributed by atoms with Gasteiger partial charge in [0, 0.05) is 0 Å². The van der Waals surface area contributed by atoms with Gasteiger partial charge in [-0.15, -0.1) is 17.8 Å². The third kappa shape index (κ3) is 2.56. The van der Waals surface area contributed by atoms with Gasteiger partial charge in [0.25, 0.3) is 5.91 Å². The number of aromatic nitrogens is 1. The Kier molecular flexibility index (Phi) is 2.69. The predicted octanol–water partition coefficient (Wildman–Crippen LogP) is 1.28. The van der Waals surface area contributed by atoms with Gasteiger partial charge in [-0.1, -0.05) is 5.92 Å². The van der Waals surface area contributed by atoms with Crippen LogP contribution in [0, 0.1) is 12.3 Å². The Labute approximate surface area is 81.2 Å². The van der Waals surface area contributed by atoms with Gasteiger partial charge >= 0.3 is 0 Å². The highest BCUT2D eigenvalue weighted by atomic mass is 32.1. The second-order valence-electron chi connectivity index (χ2n) is 3.09. The highest BCUT2D eigenvalue weighted by Crippen LogP contribution is 2.07. The van der Waals surface area contributed by atoms with Gasteiger partial charge in [-0.25, -0.2) is 0 Å². The molecule has 13 heavy (non-hydrogen) atoms. The van der Waals surface area contributed by atoms with Crippen molar-refractivity contribution in [2.45, 2.75) is 19.4 Å². The average molecular weight is 194 g/mol. The summed E-state index contributed by atoms with van der Waals surface area (Å²) >= 11 is 1.29. The normalized spacial score (nSPS) is 10.5. The summed E-state index contributed by atoms with van der Waals surface area (Å²) < 4.78 is 0. The molecule has 0 aliphatic carbocycles. The molecule has 1 N–H and O–H groups in total. The number of nitrogens with zero attached hydrogens (tertiary/aromatic N) is 1. The summed E-state index contributed by atoms with van der Waals surface area (Å²) in [5.41, 5.74) is 0.999. The fourth-order valence-electron chi connectivity index (χ4n) is 0.709. The maximum Gasteiger partial charge on any atom is 0.264 e. The summed E-state index contributed by atoms with van der Waals surface area (Å²) in [5.74, 6) is 2.31. The number of nitrogens with one attached hydrogen (secondary N) is 1. The Bertz CT molecular complexity index is 335. The van der Waals surface area contributed by atoms with Gasteiger partial charge in [0.2, 0.25) is 0 Å². The quantitative estimate of drug-likeness (QED) is 0.721. The molecule has 4 heteroatoms. The summed E-state index contributed by atoms with van der Waals surface area (Å²) in [7, 11) is 0. The average Bonchev–Trinajstić information content (AvgIpc) is 2.55. The van der Waals surface area contributed by atoms with Crippen molar-refractivity contribution in [1.82, 2.24) is 10.3 Å². The van der Waals surface area contributed by atoms with E-state index in [1.807, 2.05) is 0 Å². The molecule has 0 spiro atoms. The summed E-state index contributed by atoms with van der Waals surface area (Å²) in [6.45, 7) is 3.54. The van der Waals surface area contributed by atoms with E-state index < -0.39 is 5.54 Å². The first-order valence-electron chi connectivity index (χ1n) is 3.74. The van der Waals surface area contributed by atoms with Gasteiger partial charge in [0.15, 0.2) is 0 Å². The van der Waals surface area contributed by atoms with Gasteiger partial charge in [-0.2, -0.15) is 0 Å². The van der Waals surface area contributed by atoms with Crippen LogP contribution in [0.5, 0.6) is 0 Å². The minimum Gasteiger partial charge on any atom is -0.336 e. The summed E-state index contributed by atoms with van der Waals surface area (Å²) in [6, 6.07) is 0. The van der Waals surface area contributed by atoms with Crippen molar-refractivity contribution in [1.29, 1.82) is 0 Å². The minimum absolute atomic E-state index is 0.176. The Morgan fingerprint density at radius 2 is 2.46 bits per heavy atom. The first-order chi connectivity index (χ1) is 6.05. The molecule has 1 aromatic heterocycles. The van der Waals surface area contributed by atoms with Gasteiger partial charge in [0.05, 0.1) is 17.2 Å². The van der Waals surface area contributed by atoms with Crippen LogP contribution in [0.4, 0.5) is 0 Å². The fourth-order valence-corrected chi connectivity index (χ4v) is 1.22. The molecular formula is C9H10N2OS. The number of rotatable bonds is 2. The Balaban J connectivity index is 2.68. The highest BCUT2D eigenvalue weighted by Gasteiger charge is 2.18. The van der Waals surface area contributed by atoms with Crippen LogP contribution in [0.1, 0.15) is 23.5 Å².